The van der Waals surface area contributed by atoms with E-state index in [1.807, 2.05) is 0 Å². The molecule has 0 aromatic heterocycles. The molecule has 2 saturated heterocycles. The van der Waals surface area contributed by atoms with E-state index in [0.717, 1.165) is 0 Å². The summed E-state index contributed by atoms with van der Waals surface area (Å²) in [6.07, 6.45) is 4.46. The van der Waals surface area contributed by atoms with E-state index in [4.69, 9.17) is 0 Å². The van der Waals surface area contributed by atoms with Gasteiger partial charge in [-0.05, 0) is 19.3 Å². The average Bonchev–Trinajstić information content (AvgIpc) is 2.39. The Morgan fingerprint density at radius 1 is 0.900 bits per heavy atom. The largest absolute Gasteiger partial charge is 0.314 e. The maximum atomic E-state index is 2.15. The molecule has 0 saturated carbocycles. The lowest BCUT2D eigenvalue weighted by atomic mass is 10.1. The standard InChI is InChI=1S/C8H16NS/c1-2-4-9(5-3-1)6-7-10-8-9/h1-8H2/q+1. The molecule has 1 spiro atoms. The molecule has 0 bridgehead atoms. The summed E-state index contributed by atoms with van der Waals surface area (Å²) in [5.41, 5.74) is 0. The van der Waals surface area contributed by atoms with Gasteiger partial charge in [-0.15, -0.1) is 0 Å². The highest BCUT2D eigenvalue weighted by atomic mass is 32.2. The summed E-state index contributed by atoms with van der Waals surface area (Å²) >= 11 is 2.15. The van der Waals surface area contributed by atoms with Crippen LogP contribution in [0.3, 0.4) is 0 Å². The number of piperidine rings is 1. The molecule has 0 radical (unpaired) electrons. The third-order valence-electron chi connectivity index (χ3n) is 2.84. The lowest BCUT2D eigenvalue weighted by Gasteiger charge is -2.36. The van der Waals surface area contributed by atoms with E-state index in [2.05, 4.69) is 11.8 Å². The van der Waals surface area contributed by atoms with Gasteiger partial charge in [0.2, 0.25) is 0 Å². The second kappa shape index (κ2) is 2.74. The third kappa shape index (κ3) is 1.19. The van der Waals surface area contributed by atoms with Crippen LogP contribution in [0, 0.1) is 0 Å². The minimum Gasteiger partial charge on any atom is -0.314 e. The number of rotatable bonds is 0. The molecular formula is C8H16NS+. The third-order valence-corrected chi connectivity index (χ3v) is 4.04. The molecule has 0 aliphatic carbocycles. The van der Waals surface area contributed by atoms with Crippen LogP contribution < -0.4 is 0 Å². The Morgan fingerprint density at radius 2 is 1.70 bits per heavy atom. The van der Waals surface area contributed by atoms with E-state index in [-0.39, 0.29) is 0 Å². The highest BCUT2D eigenvalue weighted by Gasteiger charge is 2.33. The first-order chi connectivity index (χ1) is 4.91. The average molecular weight is 158 g/mol. The summed E-state index contributed by atoms with van der Waals surface area (Å²) in [7, 11) is 0. The van der Waals surface area contributed by atoms with Gasteiger partial charge in [0.1, 0.15) is 5.88 Å². The first-order valence-corrected chi connectivity index (χ1v) is 5.50. The summed E-state index contributed by atoms with van der Waals surface area (Å²) in [6.45, 7) is 4.42. The van der Waals surface area contributed by atoms with Crippen LogP contribution in [0.4, 0.5) is 0 Å². The zero-order chi connectivity index (χ0) is 6.86. The molecule has 0 N–H and O–H groups in total. The Morgan fingerprint density at radius 3 is 2.30 bits per heavy atom. The van der Waals surface area contributed by atoms with Gasteiger partial charge in [-0.3, -0.25) is 0 Å². The van der Waals surface area contributed by atoms with Crippen LogP contribution in [-0.2, 0) is 0 Å². The molecular weight excluding hydrogens is 142 g/mol. The van der Waals surface area contributed by atoms with Crippen molar-refractivity contribution in [3.05, 3.63) is 0 Å². The number of hydrogen-bond donors (Lipinski definition) is 0. The molecule has 0 atom stereocenters. The number of quaternary nitrogens is 1. The SMILES string of the molecule is C1CC[N+]2(CC1)CCSC2. The zero-order valence-corrected chi connectivity index (χ0v) is 7.33. The Kier molecular flexibility index (Phi) is 1.92. The minimum absolute atomic E-state index is 1.42. The Bertz CT molecular complexity index is 110. The molecule has 2 heterocycles. The maximum Gasteiger partial charge on any atom is 0.126 e. The van der Waals surface area contributed by atoms with Crippen LogP contribution in [0.1, 0.15) is 19.3 Å². The van der Waals surface area contributed by atoms with E-state index in [1.54, 1.807) is 0 Å². The molecule has 0 amide bonds. The fourth-order valence-electron chi connectivity index (χ4n) is 2.12. The van der Waals surface area contributed by atoms with E-state index in [0.29, 0.717) is 0 Å². The Balaban J connectivity index is 1.98. The first-order valence-electron chi connectivity index (χ1n) is 4.34. The fourth-order valence-corrected chi connectivity index (χ4v) is 3.54. The highest BCUT2D eigenvalue weighted by Crippen LogP contribution is 2.28. The van der Waals surface area contributed by atoms with Gasteiger partial charge in [-0.25, -0.2) is 0 Å². The van der Waals surface area contributed by atoms with Gasteiger partial charge in [0.05, 0.1) is 19.6 Å². The summed E-state index contributed by atoms with van der Waals surface area (Å²) in [4.78, 5) is 0. The van der Waals surface area contributed by atoms with Gasteiger partial charge >= 0.3 is 0 Å². The number of thioether (sulfide) groups is 1. The molecule has 2 heteroatoms. The lowest BCUT2D eigenvalue weighted by molar-refractivity contribution is -0.914. The quantitative estimate of drug-likeness (QED) is 0.483. The van der Waals surface area contributed by atoms with Crippen molar-refractivity contribution in [3.63, 3.8) is 0 Å². The van der Waals surface area contributed by atoms with Crippen molar-refractivity contribution in [1.82, 2.24) is 0 Å². The first kappa shape index (κ1) is 6.99. The van der Waals surface area contributed by atoms with Crippen LogP contribution in [0.25, 0.3) is 0 Å². The molecule has 2 aliphatic heterocycles. The van der Waals surface area contributed by atoms with Crippen LogP contribution in [0.5, 0.6) is 0 Å². The van der Waals surface area contributed by atoms with Gasteiger partial charge in [0, 0.05) is 5.75 Å². The lowest BCUT2D eigenvalue weighted by Crippen LogP contribution is -2.48. The van der Waals surface area contributed by atoms with E-state index >= 15 is 0 Å². The molecule has 1 nitrogen and oxygen atoms in total. The summed E-state index contributed by atoms with van der Waals surface area (Å²) in [5.74, 6) is 2.83. The van der Waals surface area contributed by atoms with Gasteiger partial charge in [-0.1, -0.05) is 11.8 Å². The number of nitrogens with zero attached hydrogens (tertiary/aromatic N) is 1. The van der Waals surface area contributed by atoms with Crippen molar-refractivity contribution in [2.45, 2.75) is 19.3 Å². The van der Waals surface area contributed by atoms with Crippen LogP contribution >= 0.6 is 11.8 Å². The van der Waals surface area contributed by atoms with Crippen molar-refractivity contribution in [3.8, 4) is 0 Å². The number of hydrogen-bond acceptors (Lipinski definition) is 1. The maximum absolute atomic E-state index is 2.15. The predicted molar refractivity (Wildman–Crippen MR) is 46.0 cm³/mol. The van der Waals surface area contributed by atoms with Crippen LogP contribution in [-0.4, -0.2) is 35.7 Å². The molecule has 0 aromatic rings. The van der Waals surface area contributed by atoms with Gasteiger partial charge < -0.3 is 4.48 Å². The second-order valence-corrected chi connectivity index (χ2v) is 4.69. The molecule has 0 unspecified atom stereocenters. The highest BCUT2D eigenvalue weighted by molar-refractivity contribution is 7.99. The van der Waals surface area contributed by atoms with Gasteiger partial charge in [-0.2, -0.15) is 0 Å². The van der Waals surface area contributed by atoms with Crippen molar-refractivity contribution in [2.75, 3.05) is 31.3 Å². The molecule has 58 valence electrons. The molecule has 2 rings (SSSR count). The Hall–Kier alpha value is 0.310. The van der Waals surface area contributed by atoms with E-state index < -0.39 is 0 Å². The molecule has 10 heavy (non-hydrogen) atoms. The molecule has 2 aliphatic rings. The molecule has 2 fully saturated rings. The topological polar surface area (TPSA) is 0 Å². The van der Waals surface area contributed by atoms with Crippen molar-refractivity contribution in [1.29, 1.82) is 0 Å². The van der Waals surface area contributed by atoms with Crippen LogP contribution in [0.2, 0.25) is 0 Å². The second-order valence-electron chi connectivity index (χ2n) is 3.61. The van der Waals surface area contributed by atoms with Crippen LogP contribution in [0.15, 0.2) is 0 Å². The van der Waals surface area contributed by atoms with Crippen molar-refractivity contribution in [2.24, 2.45) is 0 Å². The molecule has 0 aromatic carbocycles. The predicted octanol–water partition coefficient (Wildman–Crippen LogP) is 1.69. The minimum atomic E-state index is 1.42. The normalized spacial score (nSPS) is 31.2. The Labute approximate surface area is 67.4 Å². The fraction of sp³-hybridized carbons (Fsp3) is 1.00. The van der Waals surface area contributed by atoms with E-state index in [1.165, 1.54) is 55.0 Å². The summed E-state index contributed by atoms with van der Waals surface area (Å²) in [5, 5.41) is 0. The van der Waals surface area contributed by atoms with Gasteiger partial charge in [0.25, 0.3) is 0 Å². The van der Waals surface area contributed by atoms with Gasteiger partial charge in [0.15, 0.2) is 0 Å². The monoisotopic (exact) mass is 158 g/mol. The summed E-state index contributed by atoms with van der Waals surface area (Å²) < 4.78 is 1.46. The van der Waals surface area contributed by atoms with E-state index in [9.17, 15) is 0 Å². The summed E-state index contributed by atoms with van der Waals surface area (Å²) in [6, 6.07) is 0. The van der Waals surface area contributed by atoms with Crippen molar-refractivity contribution >= 4 is 11.8 Å². The van der Waals surface area contributed by atoms with Crippen molar-refractivity contribution < 1.29 is 4.48 Å². The smallest absolute Gasteiger partial charge is 0.126 e. The zero-order valence-electron chi connectivity index (χ0n) is 6.51.